The van der Waals surface area contributed by atoms with Crippen LogP contribution in [-0.4, -0.2) is 18.7 Å². The molecule has 0 radical (unpaired) electrons. The molecule has 7 aromatic rings. The van der Waals surface area contributed by atoms with Crippen molar-refractivity contribution in [3.63, 3.8) is 0 Å². The molecule has 294 valence electrons. The van der Waals surface area contributed by atoms with E-state index >= 15 is 0 Å². The molecule has 3 aliphatic carbocycles. The summed E-state index contributed by atoms with van der Waals surface area (Å²) in [5, 5.41) is 29.5. The van der Waals surface area contributed by atoms with Crippen LogP contribution in [-0.2, 0) is 0 Å². The molecule has 0 amide bonds. The minimum absolute atomic E-state index is 0.0442. The van der Waals surface area contributed by atoms with E-state index in [1.54, 1.807) is 0 Å². The average Bonchev–Trinajstić information content (AvgIpc) is 3.99. The Bertz CT molecular complexity index is 3260. The monoisotopic (exact) mass is 812 g/mol. The lowest BCUT2D eigenvalue weighted by Crippen LogP contribution is -2.69. The summed E-state index contributed by atoms with van der Waals surface area (Å²) in [7, 11) is -3.11. The maximum absolute atomic E-state index is 11.3. The molecule has 4 atom stereocenters. The van der Waals surface area contributed by atoms with Crippen LogP contribution >= 0.6 is 0 Å². The molecule has 1 aromatic heterocycles. The van der Waals surface area contributed by atoms with E-state index in [0.29, 0.717) is 11.1 Å². The summed E-state index contributed by atoms with van der Waals surface area (Å²) in [5.74, 6) is 2.30. The van der Waals surface area contributed by atoms with E-state index in [4.69, 9.17) is 4.74 Å². The molecule has 6 aromatic carbocycles. The zero-order valence-corrected chi connectivity index (χ0v) is 34.9. The van der Waals surface area contributed by atoms with E-state index in [1.165, 1.54) is 21.5 Å². The van der Waals surface area contributed by atoms with Gasteiger partial charge in [-0.25, -0.2) is 0 Å². The first-order valence-corrected chi connectivity index (χ1v) is 23.5. The maximum atomic E-state index is 11.3. The lowest BCUT2D eigenvalue weighted by Gasteiger charge is -2.38. The third-order valence-corrected chi connectivity index (χ3v) is 18.8. The summed E-state index contributed by atoms with van der Waals surface area (Å²) < 4.78 is 8.74. The van der Waals surface area contributed by atoms with Crippen molar-refractivity contribution < 1.29 is 4.74 Å². The zero-order valence-electron chi connectivity index (χ0n) is 33.9. The van der Waals surface area contributed by atoms with Crippen LogP contribution in [0.15, 0.2) is 210 Å². The number of aromatic nitrogens is 1. The van der Waals surface area contributed by atoms with Gasteiger partial charge in [-0.05, 0) is 82.9 Å². The fourth-order valence-corrected chi connectivity index (χ4v) is 16.3. The van der Waals surface area contributed by atoms with Crippen LogP contribution in [0.2, 0.25) is 0 Å². The summed E-state index contributed by atoms with van der Waals surface area (Å²) in [4.78, 5) is 2.39. The second kappa shape index (κ2) is 14.2. The minimum Gasteiger partial charge on any atom is -0.461 e. The van der Waals surface area contributed by atoms with E-state index in [2.05, 4.69) is 204 Å². The van der Waals surface area contributed by atoms with E-state index in [1.807, 2.05) is 6.07 Å². The first-order valence-electron chi connectivity index (χ1n) is 21.5. The summed E-state index contributed by atoms with van der Waals surface area (Å²) >= 11 is 0. The van der Waals surface area contributed by atoms with E-state index in [9.17, 15) is 10.5 Å². The van der Waals surface area contributed by atoms with Gasteiger partial charge < -0.3 is 14.2 Å². The van der Waals surface area contributed by atoms with Crippen LogP contribution in [0.4, 0.5) is 5.69 Å². The Kier molecular flexibility index (Phi) is 8.32. The third-order valence-electron chi connectivity index (χ3n) is 13.8. The summed E-state index contributed by atoms with van der Waals surface area (Å²) in [5.41, 5.74) is 8.90. The van der Waals surface area contributed by atoms with Gasteiger partial charge in [-0.15, -0.1) is 0 Å². The number of nitriles is 2. The van der Waals surface area contributed by atoms with Gasteiger partial charge in [0, 0.05) is 39.9 Å². The number of para-hydroxylation sites is 3. The normalized spacial score (nSPS) is 20.4. The number of hydrogen-bond acceptors (Lipinski definition) is 4. The van der Waals surface area contributed by atoms with Crippen molar-refractivity contribution in [3.8, 4) is 23.6 Å². The summed E-state index contributed by atoms with van der Waals surface area (Å²) in [6, 6.07) is 54.7. The van der Waals surface area contributed by atoms with Crippen LogP contribution in [0.25, 0.3) is 27.5 Å². The molecular formula is C56H40N4OSi. The van der Waals surface area contributed by atoms with Crippen molar-refractivity contribution in [2.45, 2.75) is 31.2 Å². The lowest BCUT2D eigenvalue weighted by atomic mass is 9.80. The van der Waals surface area contributed by atoms with E-state index in [-0.39, 0.29) is 17.9 Å². The smallest absolute Gasteiger partial charge is 0.175 e. The quantitative estimate of drug-likeness (QED) is 0.124. The molecule has 0 saturated carbocycles. The number of nitrogens with zero attached hydrogens (tertiary/aromatic N) is 4. The van der Waals surface area contributed by atoms with Gasteiger partial charge in [0.05, 0.1) is 39.6 Å². The fourth-order valence-electron chi connectivity index (χ4n) is 11.2. The predicted molar refractivity (Wildman–Crippen MR) is 252 cm³/mol. The van der Waals surface area contributed by atoms with Gasteiger partial charge in [-0.2, -0.15) is 10.5 Å². The molecule has 0 spiro atoms. The standard InChI is InChI=1S/C56H40N4OSi/c57-35-37-31-41(27-29-49(37)59-51-23-11-7-19-43(51)44-20-8-12-24-52(44)59)62(39-15-3-1-4-16-39,40-17-5-2-6-18-40)42-28-30-50(38(32-42)36-58)60-53-25-13-9-21-45(53)47-33-48-46-22-10-14-26-55(46)61-56(48)34-54(47)60/h1-5,7-17,19-32,34,45,48,53H,6,18,33H2/t45?,48-,53?,62?/m1/s1. The Labute approximate surface area is 362 Å². The predicted octanol–water partition coefficient (Wildman–Crippen LogP) is 10.5. The zero-order chi connectivity index (χ0) is 41.4. The Balaban J connectivity index is 1.05. The molecule has 0 fully saturated rings. The van der Waals surface area contributed by atoms with Crippen LogP contribution < -0.4 is 25.2 Å². The Morgan fingerprint density at radius 1 is 0.645 bits per heavy atom. The van der Waals surface area contributed by atoms with Crippen molar-refractivity contribution in [1.29, 1.82) is 10.5 Å². The van der Waals surface area contributed by atoms with Gasteiger partial charge in [-0.1, -0.05) is 145 Å². The number of hydrogen-bond donors (Lipinski definition) is 0. The van der Waals surface area contributed by atoms with Gasteiger partial charge in [0.2, 0.25) is 0 Å². The average molecular weight is 813 g/mol. The Morgan fingerprint density at radius 3 is 2.03 bits per heavy atom. The van der Waals surface area contributed by atoms with Gasteiger partial charge in [-0.3, -0.25) is 0 Å². The fraction of sp³-hybridized carbons (Fsp3) is 0.107. The molecular weight excluding hydrogens is 773 g/mol. The van der Waals surface area contributed by atoms with Crippen LogP contribution in [0, 0.1) is 28.6 Å². The van der Waals surface area contributed by atoms with Crippen molar-refractivity contribution in [2.75, 3.05) is 4.90 Å². The molecule has 3 unspecified atom stereocenters. The third kappa shape index (κ3) is 5.24. The molecule has 3 heterocycles. The molecule has 0 bridgehead atoms. The number of anilines is 1. The second-order valence-electron chi connectivity index (χ2n) is 16.8. The van der Waals surface area contributed by atoms with Gasteiger partial charge in [0.15, 0.2) is 8.07 Å². The van der Waals surface area contributed by atoms with Gasteiger partial charge >= 0.3 is 0 Å². The maximum Gasteiger partial charge on any atom is 0.175 e. The molecule has 62 heavy (non-hydrogen) atoms. The highest BCUT2D eigenvalue weighted by Crippen LogP contribution is 2.54. The van der Waals surface area contributed by atoms with E-state index in [0.717, 1.165) is 80.0 Å². The highest BCUT2D eigenvalue weighted by molar-refractivity contribution is 7.16. The van der Waals surface area contributed by atoms with Crippen molar-refractivity contribution in [3.05, 3.63) is 227 Å². The van der Waals surface area contributed by atoms with Crippen LogP contribution in [0.3, 0.4) is 0 Å². The first-order chi connectivity index (χ1) is 30.7. The summed E-state index contributed by atoms with van der Waals surface area (Å²) in [6.07, 6.45) is 20.6. The minimum atomic E-state index is -3.11. The van der Waals surface area contributed by atoms with Crippen molar-refractivity contribution in [1.82, 2.24) is 4.57 Å². The topological polar surface area (TPSA) is 65.0 Å². The largest absolute Gasteiger partial charge is 0.461 e. The molecule has 6 heteroatoms. The van der Waals surface area contributed by atoms with Gasteiger partial charge in [0.25, 0.3) is 0 Å². The Morgan fingerprint density at radius 2 is 1.31 bits per heavy atom. The SMILES string of the molecule is N#Cc1cc([Si](C2=CC=CCC2)(c2ccccc2)c2ccc(-n3c4ccccc4c4ccccc43)c(C#N)c2)ccc1N1C2=C(C[C@H]3C(=C2)Oc2ccccc23)C2C=CC=CC21. The summed E-state index contributed by atoms with van der Waals surface area (Å²) in [6.45, 7) is 0. The highest BCUT2D eigenvalue weighted by Gasteiger charge is 2.47. The molecule has 5 nitrogen and oxygen atoms in total. The first kappa shape index (κ1) is 36.2. The van der Waals surface area contributed by atoms with Crippen molar-refractivity contribution in [2.24, 2.45) is 5.92 Å². The van der Waals surface area contributed by atoms with Gasteiger partial charge in [0.1, 0.15) is 23.6 Å². The van der Waals surface area contributed by atoms with Crippen molar-refractivity contribution >= 4 is 51.1 Å². The molecule has 2 aliphatic heterocycles. The number of benzene rings is 6. The van der Waals surface area contributed by atoms with E-state index < -0.39 is 8.07 Å². The number of allylic oxidation sites excluding steroid dienone is 8. The molecule has 12 rings (SSSR count). The second-order valence-corrected chi connectivity index (χ2v) is 20.7. The molecule has 0 N–H and O–H groups in total. The Hall–Kier alpha value is -7.64. The molecule has 0 saturated heterocycles. The van der Waals surface area contributed by atoms with Crippen LogP contribution in [0.1, 0.15) is 41.9 Å². The number of fused-ring (bicyclic) bond motifs is 8. The number of ether oxygens (including phenoxy) is 1. The number of rotatable bonds is 6. The lowest BCUT2D eigenvalue weighted by molar-refractivity contribution is 0.420. The molecule has 5 aliphatic rings. The highest BCUT2D eigenvalue weighted by atomic mass is 28.3. The van der Waals surface area contributed by atoms with Crippen LogP contribution in [0.5, 0.6) is 5.75 Å².